The minimum atomic E-state index is -0.907. The molecule has 2 aliphatic rings. The highest BCUT2D eigenvalue weighted by molar-refractivity contribution is 7.18. The van der Waals surface area contributed by atoms with Gasteiger partial charge in [-0.05, 0) is 61.8 Å². The van der Waals surface area contributed by atoms with Gasteiger partial charge in [-0.15, -0.1) is 11.3 Å². The summed E-state index contributed by atoms with van der Waals surface area (Å²) in [7, 11) is 0. The molecule has 2 fully saturated rings. The minimum absolute atomic E-state index is 0.00571. The van der Waals surface area contributed by atoms with Crippen molar-refractivity contribution in [2.24, 2.45) is 5.92 Å². The zero-order valence-corrected chi connectivity index (χ0v) is 18.5. The summed E-state index contributed by atoms with van der Waals surface area (Å²) in [4.78, 5) is 39.6. The van der Waals surface area contributed by atoms with Crippen LogP contribution in [0.25, 0.3) is 0 Å². The third-order valence-electron chi connectivity index (χ3n) is 6.50. The lowest BCUT2D eigenvalue weighted by Gasteiger charge is -2.32. The monoisotopic (exact) mass is 440 g/mol. The molecule has 4 rings (SSSR count). The summed E-state index contributed by atoms with van der Waals surface area (Å²) in [5.74, 6) is -0.615. The zero-order valence-electron chi connectivity index (χ0n) is 17.7. The van der Waals surface area contributed by atoms with Crippen LogP contribution in [0.4, 0.5) is 5.00 Å². The summed E-state index contributed by atoms with van der Waals surface area (Å²) in [5, 5.41) is 13.2. The van der Waals surface area contributed by atoms with Gasteiger partial charge < -0.3 is 15.3 Å². The Balaban J connectivity index is 1.39. The number of hydrogen-bond donors (Lipinski definition) is 2. The maximum absolute atomic E-state index is 13.1. The molecule has 1 aliphatic heterocycles. The number of hydrogen-bond acceptors (Lipinski definition) is 4. The second-order valence-electron chi connectivity index (χ2n) is 8.55. The Hall–Kier alpha value is -2.67. The molecule has 6 nitrogen and oxygen atoms in total. The van der Waals surface area contributed by atoms with Crippen LogP contribution in [0.2, 0.25) is 0 Å². The number of aromatic carboxylic acids is 1. The SMILES string of the molecule is Cc1cc(NC(=O)C2CCCC2)sc1C(=O)N1CCC(c2ccccc2C(=O)O)CC1. The fourth-order valence-corrected chi connectivity index (χ4v) is 5.80. The number of aryl methyl sites for hydroxylation is 1. The number of rotatable bonds is 5. The highest BCUT2D eigenvalue weighted by atomic mass is 32.1. The third-order valence-corrected chi connectivity index (χ3v) is 7.64. The Morgan fingerprint density at radius 3 is 2.42 bits per heavy atom. The van der Waals surface area contributed by atoms with E-state index in [-0.39, 0.29) is 23.7 Å². The molecule has 0 unspecified atom stereocenters. The van der Waals surface area contributed by atoms with Crippen LogP contribution in [0.3, 0.4) is 0 Å². The van der Waals surface area contributed by atoms with Gasteiger partial charge in [0, 0.05) is 19.0 Å². The van der Waals surface area contributed by atoms with E-state index < -0.39 is 5.97 Å². The van der Waals surface area contributed by atoms with E-state index in [4.69, 9.17) is 0 Å². The molecule has 2 aromatic rings. The Kier molecular flexibility index (Phi) is 6.41. The first-order valence-corrected chi connectivity index (χ1v) is 11.8. The normalized spacial score (nSPS) is 17.6. The quantitative estimate of drug-likeness (QED) is 0.692. The van der Waals surface area contributed by atoms with Crippen molar-refractivity contribution in [3.8, 4) is 0 Å². The number of thiophene rings is 1. The summed E-state index contributed by atoms with van der Waals surface area (Å²) in [6.07, 6.45) is 5.59. The summed E-state index contributed by atoms with van der Waals surface area (Å²) in [5.41, 5.74) is 2.09. The van der Waals surface area contributed by atoms with Gasteiger partial charge in [-0.2, -0.15) is 0 Å². The number of likely N-dealkylation sites (tertiary alicyclic amines) is 1. The Morgan fingerprint density at radius 1 is 1.06 bits per heavy atom. The molecule has 2 heterocycles. The lowest BCUT2D eigenvalue weighted by Crippen LogP contribution is -2.38. The molecule has 0 bridgehead atoms. The highest BCUT2D eigenvalue weighted by Crippen LogP contribution is 2.34. The van der Waals surface area contributed by atoms with Gasteiger partial charge in [0.2, 0.25) is 5.91 Å². The smallest absolute Gasteiger partial charge is 0.335 e. The van der Waals surface area contributed by atoms with Crippen LogP contribution < -0.4 is 5.32 Å². The van der Waals surface area contributed by atoms with Crippen LogP contribution in [-0.4, -0.2) is 40.9 Å². The van der Waals surface area contributed by atoms with Crippen LogP contribution in [0.5, 0.6) is 0 Å². The summed E-state index contributed by atoms with van der Waals surface area (Å²) >= 11 is 1.35. The van der Waals surface area contributed by atoms with Gasteiger partial charge >= 0.3 is 5.97 Å². The van der Waals surface area contributed by atoms with Gasteiger partial charge in [0.1, 0.15) is 0 Å². The fourth-order valence-electron chi connectivity index (χ4n) is 4.75. The second kappa shape index (κ2) is 9.22. The van der Waals surface area contributed by atoms with Crippen molar-refractivity contribution in [1.82, 2.24) is 4.90 Å². The molecule has 31 heavy (non-hydrogen) atoms. The van der Waals surface area contributed by atoms with Gasteiger partial charge in [0.05, 0.1) is 15.4 Å². The standard InChI is InChI=1S/C24H28N2O4S/c1-15-14-20(25-22(27)17-6-2-3-7-17)31-21(15)23(28)26-12-10-16(11-13-26)18-8-4-5-9-19(18)24(29)30/h4-5,8-9,14,16-17H,2-3,6-7,10-13H2,1H3,(H,25,27)(H,29,30). The molecule has 0 atom stereocenters. The number of carbonyl (C=O) groups is 3. The second-order valence-corrected chi connectivity index (χ2v) is 9.60. The molecule has 2 amide bonds. The van der Waals surface area contributed by atoms with Crippen molar-refractivity contribution in [2.75, 3.05) is 18.4 Å². The maximum atomic E-state index is 13.1. The molecular weight excluding hydrogens is 412 g/mol. The van der Waals surface area contributed by atoms with Gasteiger partial charge in [-0.1, -0.05) is 31.0 Å². The molecule has 2 N–H and O–H groups in total. The molecule has 164 valence electrons. The zero-order chi connectivity index (χ0) is 22.0. The predicted molar refractivity (Wildman–Crippen MR) is 121 cm³/mol. The van der Waals surface area contributed by atoms with E-state index in [0.29, 0.717) is 23.5 Å². The van der Waals surface area contributed by atoms with E-state index in [1.807, 2.05) is 30.0 Å². The third kappa shape index (κ3) is 4.66. The van der Waals surface area contributed by atoms with Gasteiger partial charge in [-0.3, -0.25) is 9.59 Å². The van der Waals surface area contributed by atoms with E-state index in [9.17, 15) is 19.5 Å². The van der Waals surface area contributed by atoms with E-state index in [0.717, 1.165) is 54.7 Å². The molecule has 1 aliphatic carbocycles. The number of piperidine rings is 1. The summed E-state index contributed by atoms with van der Waals surface area (Å²) in [6.45, 7) is 3.10. The highest BCUT2D eigenvalue weighted by Gasteiger charge is 2.29. The topological polar surface area (TPSA) is 86.7 Å². The molecule has 7 heteroatoms. The van der Waals surface area contributed by atoms with Crippen LogP contribution in [0.15, 0.2) is 30.3 Å². The Morgan fingerprint density at radius 2 is 1.74 bits per heavy atom. The van der Waals surface area contributed by atoms with E-state index >= 15 is 0 Å². The largest absolute Gasteiger partial charge is 0.478 e. The van der Waals surface area contributed by atoms with Crippen LogP contribution in [0.1, 0.15) is 75.6 Å². The molecule has 0 spiro atoms. The first-order chi connectivity index (χ1) is 14.9. The molecule has 1 aromatic carbocycles. The lowest BCUT2D eigenvalue weighted by molar-refractivity contribution is -0.119. The first-order valence-electron chi connectivity index (χ1n) is 11.0. The summed E-state index contributed by atoms with van der Waals surface area (Å²) in [6, 6.07) is 9.03. The molecular formula is C24H28N2O4S. The minimum Gasteiger partial charge on any atom is -0.478 e. The van der Waals surface area contributed by atoms with Crippen molar-refractivity contribution < 1.29 is 19.5 Å². The van der Waals surface area contributed by atoms with Gasteiger partial charge in [0.25, 0.3) is 5.91 Å². The summed E-state index contributed by atoms with van der Waals surface area (Å²) < 4.78 is 0. The molecule has 1 saturated heterocycles. The maximum Gasteiger partial charge on any atom is 0.335 e. The van der Waals surface area contributed by atoms with Crippen molar-refractivity contribution in [1.29, 1.82) is 0 Å². The number of carboxylic acids is 1. The molecule has 1 aromatic heterocycles. The average Bonchev–Trinajstić information content (AvgIpc) is 3.43. The lowest BCUT2D eigenvalue weighted by atomic mass is 9.86. The van der Waals surface area contributed by atoms with Crippen LogP contribution >= 0.6 is 11.3 Å². The number of nitrogens with zero attached hydrogens (tertiary/aromatic N) is 1. The number of amides is 2. The van der Waals surface area contributed by atoms with Crippen molar-refractivity contribution >= 4 is 34.1 Å². The number of benzene rings is 1. The molecule has 1 saturated carbocycles. The number of anilines is 1. The number of nitrogens with one attached hydrogen (secondary N) is 1. The van der Waals surface area contributed by atoms with Crippen LogP contribution in [0, 0.1) is 12.8 Å². The van der Waals surface area contributed by atoms with Crippen molar-refractivity contribution in [3.63, 3.8) is 0 Å². The fraction of sp³-hybridized carbons (Fsp3) is 0.458. The Bertz CT molecular complexity index is 985. The van der Waals surface area contributed by atoms with Gasteiger partial charge in [-0.25, -0.2) is 4.79 Å². The predicted octanol–water partition coefficient (Wildman–Crippen LogP) is 4.90. The Labute approximate surface area is 186 Å². The van der Waals surface area contributed by atoms with E-state index in [1.165, 1.54) is 11.3 Å². The van der Waals surface area contributed by atoms with E-state index in [1.54, 1.807) is 12.1 Å². The van der Waals surface area contributed by atoms with Gasteiger partial charge in [0.15, 0.2) is 0 Å². The first kappa shape index (κ1) is 21.6. The van der Waals surface area contributed by atoms with Crippen LogP contribution in [-0.2, 0) is 4.79 Å². The average molecular weight is 441 g/mol. The number of carbonyl (C=O) groups excluding carboxylic acids is 2. The van der Waals surface area contributed by atoms with Crippen molar-refractivity contribution in [2.45, 2.75) is 51.4 Å². The molecule has 0 radical (unpaired) electrons. The van der Waals surface area contributed by atoms with E-state index in [2.05, 4.69) is 5.32 Å². The number of carboxylic acid groups (broad SMARTS) is 1. The van der Waals surface area contributed by atoms with Crippen molar-refractivity contribution in [3.05, 3.63) is 51.9 Å².